The van der Waals surface area contributed by atoms with Crippen LogP contribution in [0.4, 0.5) is 22.4 Å². The average molecular weight is 249 g/mol. The molecular weight excluding hydrogens is 242 g/mol. The van der Waals surface area contributed by atoms with E-state index in [4.69, 9.17) is 0 Å². The van der Waals surface area contributed by atoms with Gasteiger partial charge in [0.15, 0.2) is 23.3 Å². The summed E-state index contributed by atoms with van der Waals surface area (Å²) in [6.45, 7) is -0.0759. The Labute approximate surface area is 93.4 Å². The van der Waals surface area contributed by atoms with E-state index < -0.39 is 41.0 Å². The van der Waals surface area contributed by atoms with E-state index in [1.54, 1.807) is 0 Å². The van der Waals surface area contributed by atoms with Gasteiger partial charge in [-0.15, -0.1) is 0 Å². The minimum atomic E-state index is -1.50. The molecule has 1 amide bonds. The molecule has 1 aromatic carbocycles. The van der Waals surface area contributed by atoms with Gasteiger partial charge in [0.25, 0.3) is 0 Å². The zero-order chi connectivity index (χ0) is 12.6. The third-order valence-electron chi connectivity index (χ3n) is 2.43. The van der Waals surface area contributed by atoms with E-state index in [-0.39, 0.29) is 19.1 Å². The fourth-order valence-electron chi connectivity index (χ4n) is 1.64. The Morgan fingerprint density at radius 1 is 1.18 bits per heavy atom. The van der Waals surface area contributed by atoms with Crippen LogP contribution in [0.1, 0.15) is 18.0 Å². The zero-order valence-electron chi connectivity index (χ0n) is 8.40. The van der Waals surface area contributed by atoms with E-state index in [0.717, 1.165) is 0 Å². The first kappa shape index (κ1) is 11.7. The number of ether oxygens (including phenoxy) is 1. The Morgan fingerprint density at radius 3 is 2.29 bits per heavy atom. The molecule has 92 valence electrons. The third kappa shape index (κ3) is 2.04. The minimum Gasteiger partial charge on any atom is -0.449 e. The van der Waals surface area contributed by atoms with E-state index in [1.165, 1.54) is 0 Å². The van der Waals surface area contributed by atoms with Crippen LogP contribution >= 0.6 is 0 Å². The first-order chi connectivity index (χ1) is 8.00. The van der Waals surface area contributed by atoms with Gasteiger partial charge in [0, 0.05) is 12.5 Å². The molecule has 2 rings (SSSR count). The molecule has 0 radical (unpaired) electrons. The van der Waals surface area contributed by atoms with Gasteiger partial charge in [-0.3, -0.25) is 0 Å². The Bertz CT molecular complexity index is 452. The molecule has 0 aromatic heterocycles. The molecule has 0 saturated carbocycles. The second kappa shape index (κ2) is 4.23. The van der Waals surface area contributed by atoms with Crippen LogP contribution in [0.15, 0.2) is 6.07 Å². The van der Waals surface area contributed by atoms with Crippen molar-refractivity contribution in [1.82, 2.24) is 5.32 Å². The van der Waals surface area contributed by atoms with Crippen LogP contribution in [0.25, 0.3) is 0 Å². The van der Waals surface area contributed by atoms with Crippen molar-refractivity contribution < 1.29 is 27.1 Å². The second-order valence-corrected chi connectivity index (χ2v) is 3.50. The Kier molecular flexibility index (Phi) is 2.91. The van der Waals surface area contributed by atoms with Gasteiger partial charge in [-0.05, 0) is 0 Å². The highest BCUT2D eigenvalue weighted by atomic mass is 19.2. The van der Waals surface area contributed by atoms with Crippen LogP contribution < -0.4 is 5.32 Å². The van der Waals surface area contributed by atoms with Gasteiger partial charge in [0.05, 0.1) is 18.2 Å². The van der Waals surface area contributed by atoms with Crippen LogP contribution in [0.2, 0.25) is 0 Å². The summed E-state index contributed by atoms with van der Waals surface area (Å²) >= 11 is 0. The number of halogens is 4. The number of nitrogens with one attached hydrogen (secondary N) is 1. The summed E-state index contributed by atoms with van der Waals surface area (Å²) in [4.78, 5) is 10.9. The number of hydrogen-bond acceptors (Lipinski definition) is 2. The van der Waals surface area contributed by atoms with Crippen LogP contribution in [-0.4, -0.2) is 12.7 Å². The quantitative estimate of drug-likeness (QED) is 0.613. The fourth-order valence-corrected chi connectivity index (χ4v) is 1.64. The first-order valence-electron chi connectivity index (χ1n) is 4.77. The summed E-state index contributed by atoms with van der Waals surface area (Å²) < 4.78 is 57.1. The molecule has 1 N–H and O–H groups in total. The van der Waals surface area contributed by atoms with E-state index in [0.29, 0.717) is 0 Å². The standard InChI is InChI=1S/C10H7F4NO2/c11-4-3-5(12)9(14)7(8(4)13)6-1-2-17-10(16)15-6/h3,6H,1-2H2,(H,15,16)/t6-/m0/s1. The molecule has 0 aliphatic carbocycles. The van der Waals surface area contributed by atoms with Gasteiger partial charge in [0.2, 0.25) is 0 Å². The molecule has 3 nitrogen and oxygen atoms in total. The van der Waals surface area contributed by atoms with Crippen LogP contribution in [0, 0.1) is 23.3 Å². The molecular formula is C10H7F4NO2. The summed E-state index contributed by atoms with van der Waals surface area (Å²) in [6.07, 6.45) is -0.854. The molecule has 1 fully saturated rings. The predicted octanol–water partition coefficient (Wildman–Crippen LogP) is 2.41. The lowest BCUT2D eigenvalue weighted by Gasteiger charge is -2.24. The highest BCUT2D eigenvalue weighted by Gasteiger charge is 2.29. The van der Waals surface area contributed by atoms with Crippen molar-refractivity contribution in [2.24, 2.45) is 0 Å². The predicted molar refractivity (Wildman–Crippen MR) is 48.1 cm³/mol. The number of rotatable bonds is 1. The van der Waals surface area contributed by atoms with Crippen molar-refractivity contribution in [1.29, 1.82) is 0 Å². The molecule has 1 heterocycles. The van der Waals surface area contributed by atoms with Crippen LogP contribution in [0.3, 0.4) is 0 Å². The van der Waals surface area contributed by atoms with Gasteiger partial charge in [0.1, 0.15) is 0 Å². The molecule has 0 unspecified atom stereocenters. The summed E-state index contributed by atoms with van der Waals surface area (Å²) in [6, 6.07) is -1.02. The maximum atomic E-state index is 13.4. The second-order valence-electron chi connectivity index (χ2n) is 3.50. The molecule has 1 aliphatic heterocycles. The molecule has 0 spiro atoms. The molecule has 1 atom stereocenters. The number of carbonyl (C=O) groups excluding carboxylic acids is 1. The number of benzene rings is 1. The molecule has 0 bridgehead atoms. The summed E-state index contributed by atoms with van der Waals surface area (Å²) in [5, 5.41) is 2.09. The smallest absolute Gasteiger partial charge is 0.407 e. The highest BCUT2D eigenvalue weighted by Crippen LogP contribution is 2.28. The Morgan fingerprint density at radius 2 is 1.76 bits per heavy atom. The topological polar surface area (TPSA) is 38.3 Å². The summed E-state index contributed by atoms with van der Waals surface area (Å²) in [5.74, 6) is -6.01. The van der Waals surface area contributed by atoms with E-state index >= 15 is 0 Å². The van der Waals surface area contributed by atoms with E-state index in [2.05, 4.69) is 10.1 Å². The fraction of sp³-hybridized carbons (Fsp3) is 0.300. The molecule has 1 saturated heterocycles. The molecule has 1 aromatic rings. The van der Waals surface area contributed by atoms with Crippen molar-refractivity contribution in [3.8, 4) is 0 Å². The summed E-state index contributed by atoms with van der Waals surface area (Å²) in [5.41, 5.74) is -0.820. The zero-order valence-corrected chi connectivity index (χ0v) is 8.40. The number of hydrogen-bond donors (Lipinski definition) is 1. The average Bonchev–Trinajstić information content (AvgIpc) is 2.27. The maximum Gasteiger partial charge on any atom is 0.407 e. The van der Waals surface area contributed by atoms with E-state index in [1.807, 2.05) is 0 Å². The Balaban J connectivity index is 2.46. The maximum absolute atomic E-state index is 13.4. The van der Waals surface area contributed by atoms with Crippen molar-refractivity contribution in [3.05, 3.63) is 34.9 Å². The Hall–Kier alpha value is -1.79. The highest BCUT2D eigenvalue weighted by molar-refractivity contribution is 5.68. The minimum absolute atomic E-state index is 0.0302. The first-order valence-corrected chi connectivity index (χ1v) is 4.77. The van der Waals surface area contributed by atoms with Gasteiger partial charge in [-0.25, -0.2) is 22.4 Å². The van der Waals surface area contributed by atoms with Gasteiger partial charge in [-0.2, -0.15) is 0 Å². The number of cyclic esters (lactones) is 1. The van der Waals surface area contributed by atoms with Crippen molar-refractivity contribution in [2.75, 3.05) is 6.61 Å². The normalized spacial score (nSPS) is 19.8. The molecule has 17 heavy (non-hydrogen) atoms. The number of carbonyl (C=O) groups is 1. The lowest BCUT2D eigenvalue weighted by atomic mass is 10.0. The number of alkyl carbamates (subject to hydrolysis) is 1. The largest absolute Gasteiger partial charge is 0.449 e. The lowest BCUT2D eigenvalue weighted by Crippen LogP contribution is -2.36. The van der Waals surface area contributed by atoms with E-state index in [9.17, 15) is 22.4 Å². The van der Waals surface area contributed by atoms with Crippen molar-refractivity contribution in [2.45, 2.75) is 12.5 Å². The third-order valence-corrected chi connectivity index (χ3v) is 2.43. The van der Waals surface area contributed by atoms with Gasteiger partial charge >= 0.3 is 6.09 Å². The summed E-state index contributed by atoms with van der Waals surface area (Å²) in [7, 11) is 0. The number of amides is 1. The van der Waals surface area contributed by atoms with Gasteiger partial charge in [-0.1, -0.05) is 0 Å². The monoisotopic (exact) mass is 249 g/mol. The molecule has 7 heteroatoms. The van der Waals surface area contributed by atoms with Crippen LogP contribution in [0.5, 0.6) is 0 Å². The van der Waals surface area contributed by atoms with Crippen molar-refractivity contribution >= 4 is 6.09 Å². The van der Waals surface area contributed by atoms with Crippen molar-refractivity contribution in [3.63, 3.8) is 0 Å². The van der Waals surface area contributed by atoms with Gasteiger partial charge < -0.3 is 10.1 Å². The SMILES string of the molecule is O=C1N[C@H](c2c(F)c(F)cc(F)c2F)CCO1. The lowest BCUT2D eigenvalue weighted by molar-refractivity contribution is 0.114. The van der Waals surface area contributed by atoms with Crippen LogP contribution in [-0.2, 0) is 4.74 Å². The molecule has 1 aliphatic rings.